The number of nitrogens with zero attached hydrogens (tertiary/aromatic N) is 6. The van der Waals surface area contributed by atoms with Crippen molar-refractivity contribution < 1.29 is 18.3 Å². The molecule has 2 fully saturated rings. The number of fused-ring (bicyclic) bond motifs is 1. The number of carbonyl (C=O) groups is 1. The second-order valence-corrected chi connectivity index (χ2v) is 7.48. The van der Waals surface area contributed by atoms with Crippen LogP contribution >= 0.6 is 0 Å². The first-order valence-corrected chi connectivity index (χ1v) is 10.3. The van der Waals surface area contributed by atoms with E-state index in [0.29, 0.717) is 16.1 Å². The molecule has 0 spiro atoms. The van der Waals surface area contributed by atoms with Crippen LogP contribution in [0.25, 0.3) is 17.0 Å². The summed E-state index contributed by atoms with van der Waals surface area (Å²) in [5.41, 5.74) is 0.799. The first-order chi connectivity index (χ1) is 15.0. The van der Waals surface area contributed by atoms with Crippen LogP contribution in [0.3, 0.4) is 0 Å². The number of ether oxygens (including phenoxy) is 1. The SMILES string of the molecule is CCN1CCC1.COc1cnn(C(F)F)c1-c1ccc2nc(NC(=O)C3CC3)cn2n1. The molecule has 1 aliphatic carbocycles. The van der Waals surface area contributed by atoms with Gasteiger partial charge in [0, 0.05) is 5.92 Å². The molecule has 11 heteroatoms. The first kappa shape index (κ1) is 21.2. The lowest BCUT2D eigenvalue weighted by atomic mass is 10.2. The molecule has 3 aromatic rings. The van der Waals surface area contributed by atoms with Crippen LogP contribution in [0.1, 0.15) is 32.7 Å². The lowest BCUT2D eigenvalue weighted by Crippen LogP contribution is -2.36. The molecule has 0 bridgehead atoms. The molecule has 1 saturated carbocycles. The second kappa shape index (κ2) is 8.96. The largest absolute Gasteiger partial charge is 0.493 e. The van der Waals surface area contributed by atoms with Gasteiger partial charge < -0.3 is 15.0 Å². The Hall–Kier alpha value is -3.08. The summed E-state index contributed by atoms with van der Waals surface area (Å²) in [6.45, 7) is 3.32. The van der Waals surface area contributed by atoms with Gasteiger partial charge in [0.25, 0.3) is 0 Å². The van der Waals surface area contributed by atoms with Crippen molar-refractivity contribution >= 4 is 17.4 Å². The fraction of sp³-hybridized carbons (Fsp3) is 0.500. The van der Waals surface area contributed by atoms with E-state index in [4.69, 9.17) is 4.74 Å². The van der Waals surface area contributed by atoms with E-state index in [1.54, 1.807) is 12.1 Å². The van der Waals surface area contributed by atoms with Gasteiger partial charge in [-0.2, -0.15) is 23.7 Å². The maximum atomic E-state index is 13.2. The number of halogens is 2. The van der Waals surface area contributed by atoms with Gasteiger partial charge in [-0.05, 0) is 51.0 Å². The smallest absolute Gasteiger partial charge is 0.333 e. The van der Waals surface area contributed by atoms with Crippen molar-refractivity contribution in [1.29, 1.82) is 0 Å². The molecule has 5 rings (SSSR count). The van der Waals surface area contributed by atoms with E-state index in [1.807, 2.05) is 0 Å². The van der Waals surface area contributed by atoms with Crippen LogP contribution in [0.5, 0.6) is 5.75 Å². The van der Waals surface area contributed by atoms with Crippen LogP contribution < -0.4 is 10.1 Å². The van der Waals surface area contributed by atoms with Gasteiger partial charge in [-0.15, -0.1) is 0 Å². The van der Waals surface area contributed by atoms with Crippen LogP contribution in [0.15, 0.2) is 24.5 Å². The Morgan fingerprint density at radius 2 is 2.10 bits per heavy atom. The highest BCUT2D eigenvalue weighted by atomic mass is 19.3. The molecule has 1 amide bonds. The van der Waals surface area contributed by atoms with Crippen molar-refractivity contribution in [2.24, 2.45) is 5.92 Å². The topological polar surface area (TPSA) is 89.6 Å². The zero-order chi connectivity index (χ0) is 22.0. The highest BCUT2D eigenvalue weighted by Crippen LogP contribution is 2.32. The summed E-state index contributed by atoms with van der Waals surface area (Å²) in [7, 11) is 1.37. The molecule has 1 N–H and O–H groups in total. The molecule has 0 aromatic carbocycles. The first-order valence-electron chi connectivity index (χ1n) is 10.3. The Bertz CT molecular complexity index is 1050. The van der Waals surface area contributed by atoms with Crippen molar-refractivity contribution in [1.82, 2.24) is 29.3 Å². The van der Waals surface area contributed by atoms with Gasteiger partial charge >= 0.3 is 6.55 Å². The maximum absolute atomic E-state index is 13.2. The Balaban J connectivity index is 0.000000334. The quantitative estimate of drug-likeness (QED) is 0.643. The Labute approximate surface area is 178 Å². The summed E-state index contributed by atoms with van der Waals surface area (Å²) in [6.07, 6.45) is 5.95. The molecule has 3 aromatic heterocycles. The molecule has 0 radical (unpaired) electrons. The Morgan fingerprint density at radius 1 is 1.32 bits per heavy atom. The third kappa shape index (κ3) is 4.66. The van der Waals surface area contributed by atoms with Crippen molar-refractivity contribution in [2.75, 3.05) is 32.1 Å². The van der Waals surface area contributed by atoms with E-state index in [1.165, 1.54) is 50.1 Å². The summed E-state index contributed by atoms with van der Waals surface area (Å²) in [5.74, 6) is 0.546. The number of likely N-dealkylation sites (tertiary alicyclic amines) is 1. The minimum absolute atomic E-state index is 0.0537. The fourth-order valence-corrected chi connectivity index (χ4v) is 3.23. The van der Waals surface area contributed by atoms with Crippen LogP contribution in [0.4, 0.5) is 14.6 Å². The number of hydrogen-bond donors (Lipinski definition) is 1. The average molecular weight is 433 g/mol. The predicted molar refractivity (Wildman–Crippen MR) is 110 cm³/mol. The third-order valence-electron chi connectivity index (χ3n) is 5.32. The summed E-state index contributed by atoms with van der Waals surface area (Å²) in [4.78, 5) is 18.5. The maximum Gasteiger partial charge on any atom is 0.333 e. The second-order valence-electron chi connectivity index (χ2n) is 7.48. The standard InChI is InChI=1S/C15H14F2N6O2.C5H11N/c1-25-10-6-18-23(15(16)17)13(10)9-4-5-12-19-11(7-22(12)21-9)20-14(24)8-2-3-8;1-2-6-4-3-5-6/h4-8,15H,2-3H2,1H3,(H,20,24);2-5H2,1H3. The van der Waals surface area contributed by atoms with E-state index in [9.17, 15) is 13.6 Å². The average Bonchev–Trinajstić information content (AvgIpc) is 3.35. The van der Waals surface area contributed by atoms with Gasteiger partial charge in [0.15, 0.2) is 17.2 Å². The summed E-state index contributed by atoms with van der Waals surface area (Å²) in [6, 6.07) is 3.17. The number of carbonyl (C=O) groups excluding carboxylic acids is 1. The number of methoxy groups -OCH3 is 1. The molecule has 0 atom stereocenters. The fourth-order valence-electron chi connectivity index (χ4n) is 3.23. The predicted octanol–water partition coefficient (Wildman–Crippen LogP) is 3.06. The lowest BCUT2D eigenvalue weighted by Gasteiger charge is -2.28. The summed E-state index contributed by atoms with van der Waals surface area (Å²) < 4.78 is 33.4. The molecule has 31 heavy (non-hydrogen) atoms. The number of imidazole rings is 1. The molecule has 1 aliphatic heterocycles. The van der Waals surface area contributed by atoms with Gasteiger partial charge in [0.05, 0.1) is 19.5 Å². The number of aromatic nitrogens is 5. The highest BCUT2D eigenvalue weighted by Gasteiger charge is 2.30. The zero-order valence-corrected chi connectivity index (χ0v) is 17.5. The minimum Gasteiger partial charge on any atom is -0.493 e. The van der Waals surface area contributed by atoms with Crippen molar-refractivity contribution in [3.05, 3.63) is 24.5 Å². The normalized spacial score (nSPS) is 16.0. The minimum atomic E-state index is -2.83. The van der Waals surface area contributed by atoms with Gasteiger partial charge in [-0.1, -0.05) is 6.92 Å². The number of anilines is 1. The van der Waals surface area contributed by atoms with E-state index in [2.05, 4.69) is 32.3 Å². The molecular formula is C20H25F2N7O2. The van der Waals surface area contributed by atoms with Crippen molar-refractivity contribution in [3.63, 3.8) is 0 Å². The Morgan fingerprint density at radius 3 is 2.65 bits per heavy atom. The zero-order valence-electron chi connectivity index (χ0n) is 17.5. The molecule has 166 valence electrons. The van der Waals surface area contributed by atoms with E-state index in [0.717, 1.165) is 12.8 Å². The molecule has 4 heterocycles. The molecule has 0 unspecified atom stereocenters. The number of nitrogens with one attached hydrogen (secondary N) is 1. The van der Waals surface area contributed by atoms with Crippen LogP contribution in [0.2, 0.25) is 0 Å². The van der Waals surface area contributed by atoms with Gasteiger partial charge in [0.2, 0.25) is 5.91 Å². The molecule has 2 aliphatic rings. The number of alkyl halides is 2. The number of amides is 1. The van der Waals surface area contributed by atoms with Crippen LogP contribution in [-0.2, 0) is 4.79 Å². The van der Waals surface area contributed by atoms with Crippen molar-refractivity contribution in [3.8, 4) is 17.1 Å². The third-order valence-corrected chi connectivity index (χ3v) is 5.32. The van der Waals surface area contributed by atoms with Gasteiger partial charge in [0.1, 0.15) is 11.4 Å². The van der Waals surface area contributed by atoms with Crippen LogP contribution in [0, 0.1) is 5.92 Å². The van der Waals surface area contributed by atoms with Crippen LogP contribution in [-0.4, -0.2) is 61.9 Å². The van der Waals surface area contributed by atoms with Gasteiger partial charge in [-0.3, -0.25) is 4.79 Å². The van der Waals surface area contributed by atoms with Gasteiger partial charge in [-0.25, -0.2) is 9.50 Å². The molecule has 1 saturated heterocycles. The van der Waals surface area contributed by atoms with E-state index in [-0.39, 0.29) is 29.0 Å². The van der Waals surface area contributed by atoms with E-state index < -0.39 is 6.55 Å². The highest BCUT2D eigenvalue weighted by molar-refractivity contribution is 5.93. The number of hydrogen-bond acceptors (Lipinski definition) is 6. The number of rotatable bonds is 6. The molecule has 9 nitrogen and oxygen atoms in total. The van der Waals surface area contributed by atoms with E-state index >= 15 is 0 Å². The summed E-state index contributed by atoms with van der Waals surface area (Å²) in [5, 5.41) is 10.6. The lowest BCUT2D eigenvalue weighted by molar-refractivity contribution is -0.117. The van der Waals surface area contributed by atoms with Crippen molar-refractivity contribution in [2.45, 2.75) is 32.7 Å². The molecular weight excluding hydrogens is 408 g/mol. The summed E-state index contributed by atoms with van der Waals surface area (Å²) >= 11 is 0. The Kier molecular flexibility index (Phi) is 6.12. The monoisotopic (exact) mass is 433 g/mol.